The summed E-state index contributed by atoms with van der Waals surface area (Å²) in [6, 6.07) is 14.7. The van der Waals surface area contributed by atoms with E-state index in [9.17, 15) is 0 Å². The summed E-state index contributed by atoms with van der Waals surface area (Å²) in [5.74, 6) is 1.39. The van der Waals surface area contributed by atoms with Crippen molar-refractivity contribution in [3.05, 3.63) is 40.6 Å². The van der Waals surface area contributed by atoms with Crippen molar-refractivity contribution in [2.45, 2.75) is 64.6 Å². The Kier molecular flexibility index (Phi) is 6.59. The van der Waals surface area contributed by atoms with Gasteiger partial charge in [0, 0.05) is 0 Å². The topological polar surface area (TPSA) is 9.23 Å². The van der Waals surface area contributed by atoms with Crippen LogP contribution in [0.25, 0.3) is 0 Å². The van der Waals surface area contributed by atoms with Gasteiger partial charge in [-0.1, -0.05) is 0 Å². The van der Waals surface area contributed by atoms with E-state index < -0.39 is 8.32 Å². The molecule has 0 saturated carbocycles. The fourth-order valence-electron chi connectivity index (χ4n) is 2.92. The van der Waals surface area contributed by atoms with Gasteiger partial charge in [0.2, 0.25) is 0 Å². The van der Waals surface area contributed by atoms with Gasteiger partial charge in [0.05, 0.1) is 0 Å². The molecule has 1 aromatic rings. The zero-order valence-corrected chi connectivity index (χ0v) is 16.4. The van der Waals surface area contributed by atoms with E-state index >= 15 is 0 Å². The van der Waals surface area contributed by atoms with E-state index in [-0.39, 0.29) is 0 Å². The van der Waals surface area contributed by atoms with Gasteiger partial charge in [-0.25, -0.2) is 0 Å². The van der Waals surface area contributed by atoms with Crippen LogP contribution in [-0.2, 0) is 4.43 Å². The molecule has 0 bridgehead atoms. The number of allylic oxidation sites excluding steroid dienone is 2. The van der Waals surface area contributed by atoms with Gasteiger partial charge in [0.25, 0.3) is 0 Å². The first-order valence-electron chi connectivity index (χ1n) is 8.37. The monoisotopic (exact) mass is 368 g/mol. The molecule has 0 spiro atoms. The van der Waals surface area contributed by atoms with Crippen LogP contribution in [-0.4, -0.2) is 23.3 Å². The molecule has 1 aliphatic carbocycles. The Hall–Kier alpha value is -0.504. The second-order valence-corrected chi connectivity index (χ2v) is 13.0. The second kappa shape index (κ2) is 8.21. The fourth-order valence-corrected chi connectivity index (χ4v) is 8.04. The molecule has 0 unspecified atom stereocenters. The van der Waals surface area contributed by atoms with Crippen molar-refractivity contribution in [1.29, 1.82) is 0 Å². The van der Waals surface area contributed by atoms with Crippen LogP contribution in [0.15, 0.2) is 40.6 Å². The van der Waals surface area contributed by atoms with E-state index in [0.717, 1.165) is 0 Å². The molecule has 0 aromatic heterocycles. The molecule has 0 fully saturated rings. The van der Waals surface area contributed by atoms with Crippen LogP contribution in [0.1, 0.15) is 46.5 Å². The third kappa shape index (κ3) is 4.48. The van der Waals surface area contributed by atoms with E-state index in [0.29, 0.717) is 15.0 Å². The molecule has 2 rings (SSSR count). The Morgan fingerprint density at radius 3 is 2.19 bits per heavy atom. The van der Waals surface area contributed by atoms with E-state index in [1.807, 2.05) is 0 Å². The average Bonchev–Trinajstić information content (AvgIpc) is 2.55. The molecule has 0 atom stereocenters. The summed E-state index contributed by atoms with van der Waals surface area (Å²) in [5, 5.41) is 0. The normalized spacial score (nSPS) is 16.1. The molecule has 0 radical (unpaired) electrons. The van der Waals surface area contributed by atoms with Gasteiger partial charge in [-0.3, -0.25) is 0 Å². The third-order valence-electron chi connectivity index (χ3n) is 4.63. The molecule has 3 heteroatoms. The standard InChI is InChI=1S/C18H28OSeSi/c1-4-21(5-2,6-3)19-17-14-10-11-15-18(17)20-16-12-8-7-9-13-16/h7-9,12-13H,4-6,10-11,14-15H2,1-3H3. The number of hydrogen-bond acceptors (Lipinski definition) is 1. The van der Waals surface area contributed by atoms with Crippen LogP contribution >= 0.6 is 0 Å². The van der Waals surface area contributed by atoms with Crippen LogP contribution in [0.5, 0.6) is 0 Å². The summed E-state index contributed by atoms with van der Waals surface area (Å²) in [4.78, 5) is 0. The van der Waals surface area contributed by atoms with E-state index in [1.54, 1.807) is 4.47 Å². The molecule has 0 amide bonds. The Labute approximate surface area is 137 Å². The first-order chi connectivity index (χ1) is 10.2. The van der Waals surface area contributed by atoms with Crippen LogP contribution in [0, 0.1) is 0 Å². The molecule has 1 nitrogen and oxygen atoms in total. The minimum atomic E-state index is -1.51. The molecule has 116 valence electrons. The zero-order chi connectivity index (χ0) is 15.1. The van der Waals surface area contributed by atoms with E-state index in [1.165, 1.54) is 54.0 Å². The number of hydrogen-bond donors (Lipinski definition) is 0. The van der Waals surface area contributed by atoms with Crippen LogP contribution in [0.3, 0.4) is 0 Å². The Bertz CT molecular complexity index is 457. The first kappa shape index (κ1) is 16.9. The van der Waals surface area contributed by atoms with Gasteiger partial charge in [-0.15, -0.1) is 0 Å². The van der Waals surface area contributed by atoms with Crippen LogP contribution in [0.4, 0.5) is 0 Å². The molecule has 1 aromatic carbocycles. The molecule has 1 aliphatic rings. The number of benzene rings is 1. The SMILES string of the molecule is CC[Si](CC)(CC)OC1=C([Se]c2ccccc2)CCCC1. The van der Waals surface area contributed by atoms with Crippen molar-refractivity contribution >= 4 is 27.7 Å². The van der Waals surface area contributed by atoms with Gasteiger partial charge in [-0.2, -0.15) is 0 Å². The summed E-state index contributed by atoms with van der Waals surface area (Å²) in [6.45, 7) is 6.97. The predicted molar refractivity (Wildman–Crippen MR) is 95.6 cm³/mol. The summed E-state index contributed by atoms with van der Waals surface area (Å²) < 4.78 is 9.86. The first-order valence-corrected chi connectivity index (χ1v) is 12.6. The van der Waals surface area contributed by atoms with Crippen molar-refractivity contribution < 1.29 is 4.43 Å². The Balaban J connectivity index is 2.19. The molecule has 0 heterocycles. The van der Waals surface area contributed by atoms with Crippen molar-refractivity contribution in [3.8, 4) is 0 Å². The average molecular weight is 367 g/mol. The number of rotatable bonds is 7. The molecule has 0 N–H and O–H groups in total. The molecule has 0 aliphatic heterocycles. The van der Waals surface area contributed by atoms with Crippen LogP contribution in [0.2, 0.25) is 18.1 Å². The summed E-state index contributed by atoms with van der Waals surface area (Å²) >= 11 is 0.451. The molecular weight excluding hydrogens is 339 g/mol. The van der Waals surface area contributed by atoms with Crippen molar-refractivity contribution in [2.75, 3.05) is 0 Å². The van der Waals surface area contributed by atoms with Gasteiger partial charge >= 0.3 is 137 Å². The Morgan fingerprint density at radius 2 is 1.57 bits per heavy atom. The van der Waals surface area contributed by atoms with E-state index in [4.69, 9.17) is 4.43 Å². The predicted octanol–water partition coefficient (Wildman–Crippen LogP) is 4.82. The van der Waals surface area contributed by atoms with Gasteiger partial charge in [0.1, 0.15) is 0 Å². The van der Waals surface area contributed by atoms with E-state index in [2.05, 4.69) is 51.1 Å². The molecule has 0 saturated heterocycles. The third-order valence-corrected chi connectivity index (χ3v) is 11.7. The fraction of sp³-hybridized carbons (Fsp3) is 0.556. The second-order valence-electron chi connectivity index (χ2n) is 5.81. The summed E-state index contributed by atoms with van der Waals surface area (Å²) in [6.07, 6.45) is 5.09. The van der Waals surface area contributed by atoms with Crippen molar-refractivity contribution in [3.63, 3.8) is 0 Å². The van der Waals surface area contributed by atoms with Gasteiger partial charge < -0.3 is 0 Å². The maximum atomic E-state index is 6.75. The van der Waals surface area contributed by atoms with Gasteiger partial charge in [0.15, 0.2) is 0 Å². The minimum absolute atomic E-state index is 0.451. The van der Waals surface area contributed by atoms with Crippen molar-refractivity contribution in [1.82, 2.24) is 0 Å². The molecular formula is C18H28OSeSi. The van der Waals surface area contributed by atoms with Crippen molar-refractivity contribution in [2.24, 2.45) is 0 Å². The maximum absolute atomic E-state index is 6.75. The van der Waals surface area contributed by atoms with Crippen LogP contribution < -0.4 is 4.46 Å². The molecule has 21 heavy (non-hydrogen) atoms. The quantitative estimate of drug-likeness (QED) is 0.628. The van der Waals surface area contributed by atoms with Gasteiger partial charge in [-0.05, 0) is 0 Å². The summed E-state index contributed by atoms with van der Waals surface area (Å²) in [5.41, 5.74) is 0. The Morgan fingerprint density at radius 1 is 0.952 bits per heavy atom. The zero-order valence-electron chi connectivity index (χ0n) is 13.7. The summed E-state index contributed by atoms with van der Waals surface area (Å²) in [7, 11) is -1.51.